The fourth-order valence-electron chi connectivity index (χ4n) is 3.37. The maximum atomic E-state index is 6.03. The summed E-state index contributed by atoms with van der Waals surface area (Å²) in [6.45, 7) is 4.10. The van der Waals surface area contributed by atoms with Crippen LogP contribution in [0.4, 0.5) is 11.8 Å². The third-order valence-electron chi connectivity index (χ3n) is 4.69. The Kier molecular flexibility index (Phi) is 4.34. The number of ether oxygens (including phenoxy) is 2. The van der Waals surface area contributed by atoms with Crippen LogP contribution in [-0.4, -0.2) is 36.8 Å². The number of nitrogens with zero attached hydrogens (tertiary/aromatic N) is 3. The molecule has 0 bridgehead atoms. The number of aryl methyl sites for hydroxylation is 1. The van der Waals surface area contributed by atoms with E-state index in [0.29, 0.717) is 12.6 Å². The van der Waals surface area contributed by atoms with E-state index in [0.717, 1.165) is 41.3 Å². The molecule has 6 nitrogen and oxygen atoms in total. The highest BCUT2D eigenvalue weighted by molar-refractivity contribution is 5.84. The van der Waals surface area contributed by atoms with Crippen LogP contribution in [0.15, 0.2) is 42.5 Å². The summed E-state index contributed by atoms with van der Waals surface area (Å²) in [7, 11) is 1.68. The van der Waals surface area contributed by atoms with Gasteiger partial charge < -0.3 is 20.1 Å². The van der Waals surface area contributed by atoms with Crippen LogP contribution in [0.1, 0.15) is 17.4 Å². The molecule has 1 fully saturated rings. The normalized spacial score (nSPS) is 17.5. The van der Waals surface area contributed by atoms with Gasteiger partial charge in [-0.2, -0.15) is 4.98 Å². The molecule has 1 atom stereocenters. The SMILES string of the molecule is COc1ccc2cc([C@H]3CN(c4cc(C)nc(N)n4)CCO3)ccc2c1. The van der Waals surface area contributed by atoms with Gasteiger partial charge in [-0.3, -0.25) is 0 Å². The summed E-state index contributed by atoms with van der Waals surface area (Å²) in [6.07, 6.45) is -0.00764. The average molecular weight is 350 g/mol. The minimum absolute atomic E-state index is 0.00764. The van der Waals surface area contributed by atoms with Crippen molar-refractivity contribution >= 4 is 22.5 Å². The van der Waals surface area contributed by atoms with Crippen LogP contribution in [0.25, 0.3) is 10.8 Å². The number of methoxy groups -OCH3 is 1. The molecule has 0 spiro atoms. The third kappa shape index (κ3) is 3.28. The zero-order valence-corrected chi connectivity index (χ0v) is 15.0. The monoisotopic (exact) mass is 350 g/mol. The second kappa shape index (κ2) is 6.80. The summed E-state index contributed by atoms with van der Waals surface area (Å²) in [5.74, 6) is 2.03. The van der Waals surface area contributed by atoms with Gasteiger partial charge in [-0.25, -0.2) is 4.98 Å². The molecule has 3 aromatic rings. The van der Waals surface area contributed by atoms with Gasteiger partial charge in [0.2, 0.25) is 5.95 Å². The minimum atomic E-state index is -0.00764. The van der Waals surface area contributed by atoms with E-state index in [-0.39, 0.29) is 6.10 Å². The number of hydrogen-bond acceptors (Lipinski definition) is 6. The van der Waals surface area contributed by atoms with Crippen molar-refractivity contribution in [3.63, 3.8) is 0 Å². The van der Waals surface area contributed by atoms with E-state index in [1.54, 1.807) is 7.11 Å². The highest BCUT2D eigenvalue weighted by atomic mass is 16.5. The molecule has 1 aromatic heterocycles. The molecule has 0 aliphatic carbocycles. The van der Waals surface area contributed by atoms with Crippen LogP contribution in [0.2, 0.25) is 0 Å². The Bertz CT molecular complexity index is 924. The van der Waals surface area contributed by atoms with Crippen molar-refractivity contribution in [2.24, 2.45) is 0 Å². The van der Waals surface area contributed by atoms with Crippen LogP contribution in [0.3, 0.4) is 0 Å². The highest BCUT2D eigenvalue weighted by Crippen LogP contribution is 2.29. The van der Waals surface area contributed by atoms with Crippen LogP contribution in [-0.2, 0) is 4.74 Å². The average Bonchev–Trinajstić information content (AvgIpc) is 2.66. The first kappa shape index (κ1) is 16.6. The zero-order chi connectivity index (χ0) is 18.1. The molecule has 6 heteroatoms. The molecular formula is C20H22N4O2. The van der Waals surface area contributed by atoms with E-state index in [2.05, 4.69) is 39.1 Å². The van der Waals surface area contributed by atoms with E-state index in [9.17, 15) is 0 Å². The summed E-state index contributed by atoms with van der Waals surface area (Å²) in [6, 6.07) is 14.5. The number of nitrogens with two attached hydrogens (primary N) is 1. The van der Waals surface area contributed by atoms with Gasteiger partial charge in [0, 0.05) is 24.8 Å². The van der Waals surface area contributed by atoms with E-state index < -0.39 is 0 Å². The number of hydrogen-bond donors (Lipinski definition) is 1. The molecule has 4 rings (SSSR count). The largest absolute Gasteiger partial charge is 0.497 e. The van der Waals surface area contributed by atoms with Crippen molar-refractivity contribution in [3.05, 3.63) is 53.7 Å². The fraction of sp³-hybridized carbons (Fsp3) is 0.300. The Hall–Kier alpha value is -2.86. The van der Waals surface area contributed by atoms with Crippen LogP contribution in [0.5, 0.6) is 5.75 Å². The lowest BCUT2D eigenvalue weighted by Crippen LogP contribution is -2.39. The summed E-state index contributed by atoms with van der Waals surface area (Å²) in [5.41, 5.74) is 7.84. The molecule has 134 valence electrons. The second-order valence-corrected chi connectivity index (χ2v) is 6.50. The fourth-order valence-corrected chi connectivity index (χ4v) is 3.37. The van der Waals surface area contributed by atoms with Crippen molar-refractivity contribution in [2.75, 3.05) is 37.4 Å². The number of rotatable bonds is 3. The number of morpholine rings is 1. The van der Waals surface area contributed by atoms with Crippen LogP contribution < -0.4 is 15.4 Å². The Morgan fingerprint density at radius 1 is 1.12 bits per heavy atom. The Balaban J connectivity index is 1.60. The van der Waals surface area contributed by atoms with Gasteiger partial charge in [0.05, 0.1) is 13.7 Å². The molecule has 0 saturated carbocycles. The molecule has 2 aromatic carbocycles. The minimum Gasteiger partial charge on any atom is -0.497 e. The summed E-state index contributed by atoms with van der Waals surface area (Å²) >= 11 is 0. The quantitative estimate of drug-likeness (QED) is 0.782. The molecule has 1 aliphatic heterocycles. The first-order chi connectivity index (χ1) is 12.6. The van der Waals surface area contributed by atoms with Gasteiger partial charge in [-0.1, -0.05) is 18.2 Å². The summed E-state index contributed by atoms with van der Waals surface area (Å²) in [5, 5.41) is 2.33. The Labute approximate surface area is 152 Å². The van der Waals surface area contributed by atoms with Crippen molar-refractivity contribution in [3.8, 4) is 5.75 Å². The first-order valence-electron chi connectivity index (χ1n) is 8.68. The van der Waals surface area contributed by atoms with Gasteiger partial charge >= 0.3 is 0 Å². The van der Waals surface area contributed by atoms with Gasteiger partial charge in [0.25, 0.3) is 0 Å². The standard InChI is InChI=1S/C20H22N4O2/c1-13-9-19(23-20(21)22-13)24-7-8-26-18(12-24)16-4-3-15-11-17(25-2)6-5-14(15)10-16/h3-6,9-11,18H,7-8,12H2,1-2H3,(H2,21,22,23)/t18-/m1/s1. The number of benzene rings is 2. The lowest BCUT2D eigenvalue weighted by atomic mass is 10.0. The third-order valence-corrected chi connectivity index (χ3v) is 4.69. The number of fused-ring (bicyclic) bond motifs is 1. The number of nitrogen functional groups attached to an aromatic ring is 1. The molecule has 1 saturated heterocycles. The van der Waals surface area contributed by atoms with Gasteiger partial charge in [-0.15, -0.1) is 0 Å². The predicted molar refractivity (Wildman–Crippen MR) is 103 cm³/mol. The Morgan fingerprint density at radius 3 is 2.73 bits per heavy atom. The van der Waals surface area contributed by atoms with Crippen molar-refractivity contribution in [1.29, 1.82) is 0 Å². The van der Waals surface area contributed by atoms with E-state index in [1.807, 2.05) is 25.1 Å². The molecule has 0 unspecified atom stereocenters. The predicted octanol–water partition coefficient (Wildman–Crippen LogP) is 3.11. The molecule has 0 amide bonds. The molecule has 2 N–H and O–H groups in total. The van der Waals surface area contributed by atoms with E-state index >= 15 is 0 Å². The maximum absolute atomic E-state index is 6.03. The lowest BCUT2D eigenvalue weighted by Gasteiger charge is -2.34. The molecular weight excluding hydrogens is 328 g/mol. The van der Waals surface area contributed by atoms with Crippen molar-refractivity contribution in [1.82, 2.24) is 9.97 Å². The van der Waals surface area contributed by atoms with Crippen LogP contribution in [0, 0.1) is 6.92 Å². The zero-order valence-electron chi connectivity index (χ0n) is 15.0. The van der Waals surface area contributed by atoms with Gasteiger partial charge in [-0.05, 0) is 41.5 Å². The molecule has 2 heterocycles. The number of anilines is 2. The smallest absolute Gasteiger partial charge is 0.222 e. The van der Waals surface area contributed by atoms with E-state index in [1.165, 1.54) is 5.39 Å². The topological polar surface area (TPSA) is 73.5 Å². The van der Waals surface area contributed by atoms with Crippen LogP contribution >= 0.6 is 0 Å². The molecule has 26 heavy (non-hydrogen) atoms. The first-order valence-corrected chi connectivity index (χ1v) is 8.68. The Morgan fingerprint density at radius 2 is 1.92 bits per heavy atom. The van der Waals surface area contributed by atoms with Crippen molar-refractivity contribution in [2.45, 2.75) is 13.0 Å². The summed E-state index contributed by atoms with van der Waals surface area (Å²) in [4.78, 5) is 10.7. The van der Waals surface area contributed by atoms with Gasteiger partial charge in [0.1, 0.15) is 17.7 Å². The van der Waals surface area contributed by atoms with Gasteiger partial charge in [0.15, 0.2) is 0 Å². The highest BCUT2D eigenvalue weighted by Gasteiger charge is 2.23. The van der Waals surface area contributed by atoms with E-state index in [4.69, 9.17) is 15.2 Å². The second-order valence-electron chi connectivity index (χ2n) is 6.50. The van der Waals surface area contributed by atoms with Crippen molar-refractivity contribution < 1.29 is 9.47 Å². The summed E-state index contributed by atoms with van der Waals surface area (Å²) < 4.78 is 11.3. The maximum Gasteiger partial charge on any atom is 0.222 e. The lowest BCUT2D eigenvalue weighted by molar-refractivity contribution is 0.0396. The number of aromatic nitrogens is 2. The molecule has 0 radical (unpaired) electrons. The molecule has 1 aliphatic rings.